The van der Waals surface area contributed by atoms with Gasteiger partial charge in [0.1, 0.15) is 5.75 Å². The van der Waals surface area contributed by atoms with E-state index in [2.05, 4.69) is 0 Å². The molecule has 0 saturated carbocycles. The third-order valence-electron chi connectivity index (χ3n) is 2.69. The van der Waals surface area contributed by atoms with Crippen LogP contribution < -0.4 is 0 Å². The second-order valence-electron chi connectivity index (χ2n) is 3.67. The lowest BCUT2D eigenvalue weighted by atomic mass is 10.0. The summed E-state index contributed by atoms with van der Waals surface area (Å²) in [5, 5.41) is 9.58. The number of aromatic hydroxyl groups is 1. The smallest absolute Gasteiger partial charge is 0.184 e. The molecule has 0 fully saturated rings. The van der Waals surface area contributed by atoms with Crippen LogP contribution in [-0.2, 0) is 9.47 Å². The lowest BCUT2D eigenvalue weighted by Crippen LogP contribution is -2.10. The summed E-state index contributed by atoms with van der Waals surface area (Å²) in [5.74, 6) is 0.313. The van der Waals surface area contributed by atoms with Gasteiger partial charge in [0.15, 0.2) is 6.29 Å². The normalized spacial score (nSPS) is 11.1. The van der Waals surface area contributed by atoms with Crippen molar-refractivity contribution in [3.63, 3.8) is 0 Å². The zero-order valence-corrected chi connectivity index (χ0v) is 10.4. The molecular weight excluding hydrogens is 204 g/mol. The minimum Gasteiger partial charge on any atom is -0.508 e. The lowest BCUT2D eigenvalue weighted by Gasteiger charge is -2.20. The summed E-state index contributed by atoms with van der Waals surface area (Å²) < 4.78 is 11.1. The van der Waals surface area contributed by atoms with Crippen molar-refractivity contribution in [2.75, 3.05) is 13.2 Å². The Labute approximate surface area is 97.0 Å². The van der Waals surface area contributed by atoms with Crippen LogP contribution >= 0.6 is 0 Å². The highest BCUT2D eigenvalue weighted by Gasteiger charge is 2.16. The van der Waals surface area contributed by atoms with Crippen molar-refractivity contribution in [3.05, 3.63) is 28.8 Å². The Kier molecular flexibility index (Phi) is 4.77. The summed E-state index contributed by atoms with van der Waals surface area (Å²) in [6.45, 7) is 8.94. The molecule has 90 valence electrons. The predicted octanol–water partition coefficient (Wildman–Crippen LogP) is 3.08. The van der Waals surface area contributed by atoms with Crippen molar-refractivity contribution in [3.8, 4) is 5.75 Å². The third kappa shape index (κ3) is 2.74. The summed E-state index contributed by atoms with van der Waals surface area (Å²) in [6.07, 6.45) is -0.339. The first-order valence-corrected chi connectivity index (χ1v) is 5.64. The molecule has 1 rings (SSSR count). The molecule has 1 aromatic carbocycles. The molecule has 0 radical (unpaired) electrons. The molecule has 0 spiro atoms. The van der Waals surface area contributed by atoms with E-state index < -0.39 is 0 Å². The number of benzene rings is 1. The van der Waals surface area contributed by atoms with Gasteiger partial charge < -0.3 is 14.6 Å². The Morgan fingerprint density at radius 3 is 2.12 bits per heavy atom. The van der Waals surface area contributed by atoms with Crippen LogP contribution in [0, 0.1) is 13.8 Å². The lowest BCUT2D eigenvalue weighted by molar-refractivity contribution is -0.140. The maximum absolute atomic E-state index is 9.58. The average Bonchev–Trinajstić information content (AvgIpc) is 2.26. The van der Waals surface area contributed by atoms with Gasteiger partial charge in [-0.15, -0.1) is 0 Å². The fourth-order valence-corrected chi connectivity index (χ4v) is 1.61. The van der Waals surface area contributed by atoms with E-state index in [1.165, 1.54) is 0 Å². The zero-order chi connectivity index (χ0) is 12.1. The fourth-order valence-electron chi connectivity index (χ4n) is 1.61. The zero-order valence-electron chi connectivity index (χ0n) is 10.4. The molecule has 0 amide bonds. The summed E-state index contributed by atoms with van der Waals surface area (Å²) in [6, 6.07) is 3.54. The van der Waals surface area contributed by atoms with Gasteiger partial charge in [-0.25, -0.2) is 0 Å². The van der Waals surface area contributed by atoms with Crippen molar-refractivity contribution < 1.29 is 14.6 Å². The number of phenols is 1. The summed E-state index contributed by atoms with van der Waals surface area (Å²) in [7, 11) is 0. The fraction of sp³-hybridized carbons (Fsp3) is 0.538. The van der Waals surface area contributed by atoms with Crippen LogP contribution in [0.15, 0.2) is 12.1 Å². The van der Waals surface area contributed by atoms with Crippen LogP contribution in [0.25, 0.3) is 0 Å². The maximum Gasteiger partial charge on any atom is 0.184 e. The van der Waals surface area contributed by atoms with Crippen LogP contribution in [0.1, 0.15) is 36.8 Å². The molecule has 0 aliphatic rings. The standard InChI is InChI=1S/C13H20O3/c1-5-15-13(16-6-2)11-7-8-12(14)10(4)9(11)3/h7-8,13-14H,5-6H2,1-4H3. The van der Waals surface area contributed by atoms with Gasteiger partial charge in [-0.05, 0) is 44.9 Å². The molecule has 0 unspecified atom stereocenters. The van der Waals surface area contributed by atoms with Crippen LogP contribution in [-0.4, -0.2) is 18.3 Å². The summed E-state index contributed by atoms with van der Waals surface area (Å²) in [4.78, 5) is 0. The molecular formula is C13H20O3. The Hall–Kier alpha value is -1.06. The van der Waals surface area contributed by atoms with Crippen molar-refractivity contribution in [1.82, 2.24) is 0 Å². The Morgan fingerprint density at radius 1 is 1.06 bits per heavy atom. The van der Waals surface area contributed by atoms with Gasteiger partial charge >= 0.3 is 0 Å². The molecule has 0 aliphatic carbocycles. The van der Waals surface area contributed by atoms with Gasteiger partial charge in [0.25, 0.3) is 0 Å². The van der Waals surface area contributed by atoms with Crippen molar-refractivity contribution >= 4 is 0 Å². The first kappa shape index (κ1) is 13.0. The number of phenolic OH excluding ortho intramolecular Hbond substituents is 1. The Balaban J connectivity index is 3.04. The topological polar surface area (TPSA) is 38.7 Å². The highest BCUT2D eigenvalue weighted by atomic mass is 16.7. The van der Waals surface area contributed by atoms with E-state index in [0.29, 0.717) is 19.0 Å². The monoisotopic (exact) mass is 224 g/mol. The van der Waals surface area contributed by atoms with Gasteiger partial charge in [0, 0.05) is 18.8 Å². The molecule has 3 nitrogen and oxygen atoms in total. The van der Waals surface area contributed by atoms with Crippen LogP contribution in [0.2, 0.25) is 0 Å². The molecule has 3 heteroatoms. The molecule has 0 bridgehead atoms. The number of hydrogen-bond donors (Lipinski definition) is 1. The van der Waals surface area contributed by atoms with Gasteiger partial charge in [-0.2, -0.15) is 0 Å². The van der Waals surface area contributed by atoms with Gasteiger partial charge in [-0.3, -0.25) is 0 Å². The second kappa shape index (κ2) is 5.87. The number of hydrogen-bond acceptors (Lipinski definition) is 3. The van der Waals surface area contributed by atoms with E-state index in [0.717, 1.165) is 16.7 Å². The Morgan fingerprint density at radius 2 is 1.62 bits per heavy atom. The number of rotatable bonds is 5. The third-order valence-corrected chi connectivity index (χ3v) is 2.69. The molecule has 16 heavy (non-hydrogen) atoms. The molecule has 1 aromatic rings. The van der Waals surface area contributed by atoms with E-state index in [9.17, 15) is 5.11 Å². The highest BCUT2D eigenvalue weighted by Crippen LogP contribution is 2.29. The first-order chi connectivity index (χ1) is 7.61. The van der Waals surface area contributed by atoms with Crippen LogP contribution in [0.5, 0.6) is 5.75 Å². The van der Waals surface area contributed by atoms with E-state index >= 15 is 0 Å². The van der Waals surface area contributed by atoms with E-state index in [-0.39, 0.29) is 6.29 Å². The predicted molar refractivity (Wildman–Crippen MR) is 63.6 cm³/mol. The van der Waals surface area contributed by atoms with Crippen LogP contribution in [0.4, 0.5) is 0 Å². The first-order valence-electron chi connectivity index (χ1n) is 5.64. The van der Waals surface area contributed by atoms with E-state index in [4.69, 9.17) is 9.47 Å². The van der Waals surface area contributed by atoms with Crippen molar-refractivity contribution in [1.29, 1.82) is 0 Å². The quantitative estimate of drug-likeness (QED) is 0.781. The molecule has 0 atom stereocenters. The minimum atomic E-state index is -0.339. The summed E-state index contributed by atoms with van der Waals surface area (Å²) >= 11 is 0. The summed E-state index contributed by atoms with van der Waals surface area (Å²) in [5.41, 5.74) is 2.88. The van der Waals surface area contributed by atoms with Crippen molar-refractivity contribution in [2.24, 2.45) is 0 Å². The van der Waals surface area contributed by atoms with Crippen molar-refractivity contribution in [2.45, 2.75) is 34.0 Å². The molecule has 0 heterocycles. The number of ether oxygens (including phenoxy) is 2. The second-order valence-corrected chi connectivity index (χ2v) is 3.67. The largest absolute Gasteiger partial charge is 0.508 e. The van der Waals surface area contributed by atoms with Gasteiger partial charge in [0.05, 0.1) is 0 Å². The van der Waals surface area contributed by atoms with E-state index in [1.54, 1.807) is 6.07 Å². The van der Waals surface area contributed by atoms with Crippen LogP contribution in [0.3, 0.4) is 0 Å². The molecule has 0 aromatic heterocycles. The Bertz CT molecular complexity index is 341. The molecule has 0 aliphatic heterocycles. The molecule has 1 N–H and O–H groups in total. The molecule has 0 saturated heterocycles. The SMILES string of the molecule is CCOC(OCC)c1ccc(O)c(C)c1C. The van der Waals surface area contributed by atoms with E-state index in [1.807, 2.05) is 33.8 Å². The van der Waals surface area contributed by atoms with Gasteiger partial charge in [0.2, 0.25) is 0 Å². The highest BCUT2D eigenvalue weighted by molar-refractivity contribution is 5.43. The average molecular weight is 224 g/mol. The maximum atomic E-state index is 9.58. The minimum absolute atomic E-state index is 0.313. The van der Waals surface area contributed by atoms with Gasteiger partial charge in [-0.1, -0.05) is 6.07 Å².